The van der Waals surface area contributed by atoms with E-state index in [-0.39, 0.29) is 11.8 Å². The zero-order valence-corrected chi connectivity index (χ0v) is 19.1. The number of nitrogens with one attached hydrogen (secondary N) is 2. The van der Waals surface area contributed by atoms with Crippen LogP contribution in [0.4, 0.5) is 5.13 Å². The second kappa shape index (κ2) is 8.99. The Morgan fingerprint density at radius 2 is 1.97 bits per heavy atom. The van der Waals surface area contributed by atoms with Crippen LogP contribution >= 0.6 is 11.3 Å². The van der Waals surface area contributed by atoms with E-state index in [9.17, 15) is 0 Å². The van der Waals surface area contributed by atoms with Gasteiger partial charge in [0.05, 0.1) is 5.69 Å². The van der Waals surface area contributed by atoms with E-state index in [0.717, 1.165) is 36.8 Å². The molecule has 3 heterocycles. The Kier molecular flexibility index (Phi) is 5.75. The van der Waals surface area contributed by atoms with Gasteiger partial charge in [0.2, 0.25) is 5.90 Å². The molecule has 0 fully saturated rings. The number of nitrogens with zero attached hydrogens (tertiary/aromatic N) is 4. The van der Waals surface area contributed by atoms with Crippen LogP contribution in [0.3, 0.4) is 0 Å². The van der Waals surface area contributed by atoms with E-state index in [4.69, 9.17) is 20.5 Å². The zero-order chi connectivity index (χ0) is 22.8. The third-order valence-corrected chi connectivity index (χ3v) is 6.69. The Hall–Kier alpha value is -3.78. The molecule has 7 nitrogen and oxygen atoms in total. The van der Waals surface area contributed by atoms with Gasteiger partial charge in [0.1, 0.15) is 0 Å². The molecule has 0 unspecified atom stereocenters. The van der Waals surface area contributed by atoms with E-state index in [1.165, 1.54) is 28.5 Å². The molecule has 0 amide bonds. The normalized spacial score (nSPS) is 12.9. The lowest BCUT2D eigenvalue weighted by molar-refractivity contribution is 0.532. The van der Waals surface area contributed by atoms with Crippen LogP contribution in [-0.4, -0.2) is 33.1 Å². The summed E-state index contributed by atoms with van der Waals surface area (Å²) in [6, 6.07) is 16.3. The van der Waals surface area contributed by atoms with Crippen molar-refractivity contribution in [1.82, 2.24) is 14.8 Å². The first-order valence-corrected chi connectivity index (χ1v) is 11.6. The molecule has 33 heavy (non-hydrogen) atoms. The van der Waals surface area contributed by atoms with Gasteiger partial charge in [0.15, 0.2) is 11.0 Å². The second-order valence-corrected chi connectivity index (χ2v) is 9.14. The highest BCUT2D eigenvalue weighted by molar-refractivity contribution is 7.15. The summed E-state index contributed by atoms with van der Waals surface area (Å²) in [5.74, 6) is 0.0308. The van der Waals surface area contributed by atoms with Gasteiger partial charge in [-0.3, -0.25) is 10.8 Å². The summed E-state index contributed by atoms with van der Waals surface area (Å²) < 4.78 is 7.02. The molecule has 4 aromatic rings. The summed E-state index contributed by atoms with van der Waals surface area (Å²) in [5, 5.41) is 20.8. The van der Waals surface area contributed by atoms with Crippen LogP contribution in [0.15, 0.2) is 67.1 Å². The van der Waals surface area contributed by atoms with E-state index < -0.39 is 0 Å². The van der Waals surface area contributed by atoms with Crippen LogP contribution in [0.2, 0.25) is 0 Å². The molecular formula is C25H24N6OS. The molecule has 8 heteroatoms. The SMILES string of the molecule is CC(=N)OC(=N)c1ccc2c(c1)CN(c1ncc(Cc3ccc(-n4cccn4)cc3)s1)CC2. The fourth-order valence-electron chi connectivity index (χ4n) is 3.99. The molecule has 0 saturated heterocycles. The van der Waals surface area contributed by atoms with Crippen molar-refractivity contribution in [3.05, 3.63) is 94.3 Å². The van der Waals surface area contributed by atoms with Crippen LogP contribution in [0.5, 0.6) is 0 Å². The number of thiazole rings is 1. The van der Waals surface area contributed by atoms with Crippen LogP contribution < -0.4 is 4.90 Å². The lowest BCUT2D eigenvalue weighted by atomic mass is 9.97. The predicted molar refractivity (Wildman–Crippen MR) is 131 cm³/mol. The maximum atomic E-state index is 8.06. The monoisotopic (exact) mass is 456 g/mol. The van der Waals surface area contributed by atoms with Gasteiger partial charge in [-0.15, -0.1) is 11.3 Å². The molecule has 0 spiro atoms. The fraction of sp³-hybridized carbons (Fsp3) is 0.200. The van der Waals surface area contributed by atoms with Gasteiger partial charge >= 0.3 is 0 Å². The third kappa shape index (κ3) is 4.70. The minimum Gasteiger partial charge on any atom is -0.426 e. The Morgan fingerprint density at radius 3 is 2.73 bits per heavy atom. The Balaban J connectivity index is 1.27. The first-order valence-electron chi connectivity index (χ1n) is 10.8. The standard InChI is InChI=1S/C25H24N6OS/c1-17(26)32-24(27)20-6-5-19-9-12-30(16-21(19)14-20)25-28-15-23(33-25)13-18-3-7-22(8-4-18)31-11-2-10-29-31/h2-8,10-11,14-15,26-27H,9,12-13,16H2,1H3. The molecule has 2 aromatic carbocycles. The molecule has 1 aliphatic heterocycles. The molecule has 2 aromatic heterocycles. The van der Waals surface area contributed by atoms with Crippen LogP contribution in [0.25, 0.3) is 5.69 Å². The van der Waals surface area contributed by atoms with E-state index in [1.807, 2.05) is 35.3 Å². The van der Waals surface area contributed by atoms with Gasteiger partial charge < -0.3 is 9.64 Å². The van der Waals surface area contributed by atoms with Crippen LogP contribution in [0.1, 0.15) is 34.1 Å². The largest absolute Gasteiger partial charge is 0.426 e. The van der Waals surface area contributed by atoms with Crippen molar-refractivity contribution in [2.24, 2.45) is 0 Å². The first-order chi connectivity index (χ1) is 16.0. The van der Waals surface area contributed by atoms with Gasteiger partial charge in [-0.2, -0.15) is 5.10 Å². The highest BCUT2D eigenvalue weighted by atomic mass is 32.1. The van der Waals surface area contributed by atoms with Crippen molar-refractivity contribution in [2.75, 3.05) is 11.4 Å². The molecular weight excluding hydrogens is 432 g/mol. The average molecular weight is 457 g/mol. The molecule has 166 valence electrons. The van der Waals surface area contributed by atoms with E-state index in [2.05, 4.69) is 40.3 Å². The molecule has 0 saturated carbocycles. The molecule has 2 N–H and O–H groups in total. The summed E-state index contributed by atoms with van der Waals surface area (Å²) in [6.07, 6.45) is 7.49. The third-order valence-electron chi connectivity index (χ3n) is 5.63. The van der Waals surface area contributed by atoms with Crippen molar-refractivity contribution in [3.8, 4) is 5.69 Å². The van der Waals surface area contributed by atoms with Crippen LogP contribution in [0, 0.1) is 10.8 Å². The van der Waals surface area contributed by atoms with Crippen molar-refractivity contribution in [2.45, 2.75) is 26.3 Å². The number of benzene rings is 2. The molecule has 0 aliphatic carbocycles. The number of rotatable bonds is 5. The molecule has 1 aliphatic rings. The van der Waals surface area contributed by atoms with Crippen molar-refractivity contribution in [3.63, 3.8) is 0 Å². The number of hydrogen-bond acceptors (Lipinski definition) is 7. The quantitative estimate of drug-likeness (QED) is 0.333. The van der Waals surface area contributed by atoms with Crippen molar-refractivity contribution >= 4 is 28.3 Å². The summed E-state index contributed by atoms with van der Waals surface area (Å²) in [5.41, 5.74) is 5.47. The summed E-state index contributed by atoms with van der Waals surface area (Å²) in [7, 11) is 0. The van der Waals surface area contributed by atoms with E-state index >= 15 is 0 Å². The minimum atomic E-state index is 0.0116. The first kappa shape index (κ1) is 21.1. The van der Waals surface area contributed by atoms with Gasteiger partial charge in [0, 0.05) is 55.5 Å². The highest BCUT2D eigenvalue weighted by Crippen LogP contribution is 2.30. The number of ether oxygens (including phenoxy) is 1. The Bertz CT molecular complexity index is 1290. The summed E-state index contributed by atoms with van der Waals surface area (Å²) >= 11 is 1.73. The molecule has 0 atom stereocenters. The summed E-state index contributed by atoms with van der Waals surface area (Å²) in [4.78, 5) is 8.23. The lowest BCUT2D eigenvalue weighted by Crippen LogP contribution is -2.30. The summed E-state index contributed by atoms with van der Waals surface area (Å²) in [6.45, 7) is 3.21. The van der Waals surface area contributed by atoms with E-state index in [1.54, 1.807) is 17.5 Å². The lowest BCUT2D eigenvalue weighted by Gasteiger charge is -2.28. The van der Waals surface area contributed by atoms with E-state index in [0.29, 0.717) is 5.56 Å². The second-order valence-electron chi connectivity index (χ2n) is 8.05. The van der Waals surface area contributed by atoms with Gasteiger partial charge in [-0.25, -0.2) is 9.67 Å². The topological polar surface area (TPSA) is 90.9 Å². The van der Waals surface area contributed by atoms with Gasteiger partial charge in [0.25, 0.3) is 0 Å². The molecule has 0 radical (unpaired) electrons. The number of hydrogen-bond donors (Lipinski definition) is 2. The number of anilines is 1. The smallest absolute Gasteiger partial charge is 0.220 e. The predicted octanol–water partition coefficient (Wildman–Crippen LogP) is 4.82. The Morgan fingerprint density at radius 1 is 1.12 bits per heavy atom. The number of fused-ring (bicyclic) bond motifs is 1. The Labute approximate surface area is 196 Å². The van der Waals surface area contributed by atoms with Crippen molar-refractivity contribution < 1.29 is 4.74 Å². The van der Waals surface area contributed by atoms with Crippen LogP contribution in [-0.2, 0) is 24.1 Å². The van der Waals surface area contributed by atoms with Gasteiger partial charge in [-0.1, -0.05) is 18.2 Å². The van der Waals surface area contributed by atoms with Gasteiger partial charge in [-0.05, 0) is 53.4 Å². The maximum absolute atomic E-state index is 8.06. The minimum absolute atomic E-state index is 0.0116. The number of aromatic nitrogens is 3. The molecule has 5 rings (SSSR count). The highest BCUT2D eigenvalue weighted by Gasteiger charge is 2.20. The molecule has 0 bridgehead atoms. The maximum Gasteiger partial charge on any atom is 0.220 e. The zero-order valence-electron chi connectivity index (χ0n) is 18.3. The van der Waals surface area contributed by atoms with Crippen molar-refractivity contribution in [1.29, 1.82) is 10.8 Å². The fourth-order valence-corrected chi connectivity index (χ4v) is 4.96. The average Bonchev–Trinajstić information content (AvgIpc) is 3.51.